The molecule has 56 valence electrons. The van der Waals surface area contributed by atoms with Crippen molar-refractivity contribution in [1.82, 2.24) is 4.98 Å². The molecule has 1 aromatic heterocycles. The van der Waals surface area contributed by atoms with E-state index in [-0.39, 0.29) is 5.41 Å². The van der Waals surface area contributed by atoms with Crippen molar-refractivity contribution >= 4 is 27.3 Å². The number of halogens is 1. The van der Waals surface area contributed by atoms with Crippen LogP contribution in [0.25, 0.3) is 0 Å². The summed E-state index contributed by atoms with van der Waals surface area (Å²) >= 11 is 5.08. The van der Waals surface area contributed by atoms with Gasteiger partial charge in [0.05, 0.1) is 15.0 Å². The van der Waals surface area contributed by atoms with Gasteiger partial charge in [-0.05, 0) is 15.9 Å². The van der Waals surface area contributed by atoms with Gasteiger partial charge in [0, 0.05) is 5.41 Å². The number of aromatic nitrogens is 1. The average Bonchev–Trinajstić information content (AvgIpc) is 2.11. The lowest BCUT2D eigenvalue weighted by Crippen LogP contribution is -2.09. The Balaban J connectivity index is 2.96. The van der Waals surface area contributed by atoms with E-state index >= 15 is 0 Å². The number of hydrogen-bond acceptors (Lipinski definition) is 2. The van der Waals surface area contributed by atoms with Crippen LogP contribution in [0.3, 0.4) is 0 Å². The van der Waals surface area contributed by atoms with E-state index in [2.05, 4.69) is 41.7 Å². The second-order valence-corrected chi connectivity index (χ2v) is 5.63. The second kappa shape index (κ2) is 2.62. The van der Waals surface area contributed by atoms with Crippen LogP contribution < -0.4 is 0 Å². The molecule has 1 nitrogen and oxygen atoms in total. The zero-order chi connectivity index (χ0) is 7.78. The van der Waals surface area contributed by atoms with Crippen LogP contribution in [0, 0.1) is 0 Å². The maximum atomic E-state index is 4.26. The molecule has 0 fully saturated rings. The third-order valence-corrected chi connectivity index (χ3v) is 3.02. The zero-order valence-corrected chi connectivity index (χ0v) is 8.71. The summed E-state index contributed by atoms with van der Waals surface area (Å²) in [4.78, 5) is 4.26. The van der Waals surface area contributed by atoms with Gasteiger partial charge in [-0.1, -0.05) is 20.8 Å². The van der Waals surface area contributed by atoms with Crippen molar-refractivity contribution < 1.29 is 0 Å². The fraction of sp³-hybridized carbons (Fsp3) is 0.571. The normalized spacial score (nSPS) is 12.0. The Bertz CT molecular complexity index is 224. The Morgan fingerprint density at radius 2 is 2.10 bits per heavy atom. The molecule has 10 heavy (non-hydrogen) atoms. The average molecular weight is 220 g/mol. The Hall–Kier alpha value is 0.110. The van der Waals surface area contributed by atoms with Crippen molar-refractivity contribution in [3.63, 3.8) is 0 Å². The monoisotopic (exact) mass is 219 g/mol. The molecule has 0 spiro atoms. The first-order valence-electron chi connectivity index (χ1n) is 3.12. The predicted molar refractivity (Wildman–Crippen MR) is 48.5 cm³/mol. The van der Waals surface area contributed by atoms with Gasteiger partial charge >= 0.3 is 0 Å². The first kappa shape index (κ1) is 8.21. The fourth-order valence-corrected chi connectivity index (χ4v) is 1.87. The molecule has 0 aliphatic carbocycles. The van der Waals surface area contributed by atoms with Gasteiger partial charge in [0.15, 0.2) is 0 Å². The number of hydrogen-bond donors (Lipinski definition) is 0. The SMILES string of the molecule is CC(C)(C)c1ncc(Br)s1. The Labute approximate surface area is 73.6 Å². The Morgan fingerprint density at radius 1 is 1.50 bits per heavy atom. The molecule has 0 radical (unpaired) electrons. The molecule has 0 atom stereocenters. The van der Waals surface area contributed by atoms with Gasteiger partial charge in [0.1, 0.15) is 0 Å². The summed E-state index contributed by atoms with van der Waals surface area (Å²) in [6, 6.07) is 0. The molecular weight excluding hydrogens is 210 g/mol. The van der Waals surface area contributed by atoms with Gasteiger partial charge in [-0.3, -0.25) is 0 Å². The second-order valence-electron chi connectivity index (χ2n) is 3.22. The van der Waals surface area contributed by atoms with Gasteiger partial charge < -0.3 is 0 Å². The van der Waals surface area contributed by atoms with Crippen LogP contribution in [0.1, 0.15) is 25.8 Å². The summed E-state index contributed by atoms with van der Waals surface area (Å²) in [7, 11) is 0. The van der Waals surface area contributed by atoms with Crippen molar-refractivity contribution in [2.75, 3.05) is 0 Å². The van der Waals surface area contributed by atoms with Crippen LogP contribution >= 0.6 is 27.3 Å². The zero-order valence-electron chi connectivity index (χ0n) is 6.31. The molecule has 3 heteroatoms. The van der Waals surface area contributed by atoms with E-state index in [9.17, 15) is 0 Å². The van der Waals surface area contributed by atoms with Gasteiger partial charge in [0.25, 0.3) is 0 Å². The fourth-order valence-electron chi connectivity index (χ4n) is 0.601. The molecule has 0 aromatic carbocycles. The largest absolute Gasteiger partial charge is 0.248 e. The molecule has 0 unspecified atom stereocenters. The number of thiazole rings is 1. The maximum Gasteiger partial charge on any atom is 0.0990 e. The lowest BCUT2D eigenvalue weighted by Gasteiger charge is -2.13. The molecule has 0 N–H and O–H groups in total. The Kier molecular flexibility index (Phi) is 2.15. The third kappa shape index (κ3) is 1.80. The molecule has 0 bridgehead atoms. The summed E-state index contributed by atoms with van der Waals surface area (Å²) in [6.45, 7) is 6.49. The molecule has 0 amide bonds. The molecule has 1 aromatic rings. The van der Waals surface area contributed by atoms with E-state index in [4.69, 9.17) is 0 Å². The topological polar surface area (TPSA) is 12.9 Å². The van der Waals surface area contributed by atoms with E-state index in [1.807, 2.05) is 6.20 Å². The molecule has 1 heterocycles. The van der Waals surface area contributed by atoms with Crippen LogP contribution in [0.4, 0.5) is 0 Å². The third-order valence-electron chi connectivity index (χ3n) is 1.12. The first-order valence-corrected chi connectivity index (χ1v) is 4.73. The van der Waals surface area contributed by atoms with Crippen molar-refractivity contribution in [2.45, 2.75) is 26.2 Å². The molecule has 0 saturated carbocycles. The standard InChI is InChI=1S/C7H10BrNS/c1-7(2,3)6-9-4-5(8)10-6/h4H,1-3H3. The van der Waals surface area contributed by atoms with E-state index in [1.54, 1.807) is 11.3 Å². The molecule has 0 saturated heterocycles. The highest BCUT2D eigenvalue weighted by atomic mass is 79.9. The van der Waals surface area contributed by atoms with Crippen molar-refractivity contribution in [3.8, 4) is 0 Å². The van der Waals surface area contributed by atoms with Crippen LogP contribution in [0.15, 0.2) is 9.98 Å². The van der Waals surface area contributed by atoms with Gasteiger partial charge in [-0.15, -0.1) is 11.3 Å². The van der Waals surface area contributed by atoms with Crippen molar-refractivity contribution in [2.24, 2.45) is 0 Å². The first-order chi connectivity index (χ1) is 4.50. The van der Waals surface area contributed by atoms with E-state index in [0.29, 0.717) is 0 Å². The number of nitrogens with zero attached hydrogens (tertiary/aromatic N) is 1. The maximum absolute atomic E-state index is 4.26. The lowest BCUT2D eigenvalue weighted by atomic mass is 9.98. The van der Waals surface area contributed by atoms with Crippen molar-refractivity contribution in [1.29, 1.82) is 0 Å². The van der Waals surface area contributed by atoms with E-state index in [0.717, 1.165) is 3.79 Å². The minimum absolute atomic E-state index is 0.191. The smallest absolute Gasteiger partial charge is 0.0990 e. The molecule has 1 rings (SSSR count). The van der Waals surface area contributed by atoms with Crippen LogP contribution in [0.5, 0.6) is 0 Å². The van der Waals surface area contributed by atoms with Crippen LogP contribution in [-0.2, 0) is 5.41 Å². The Morgan fingerprint density at radius 3 is 2.30 bits per heavy atom. The van der Waals surface area contributed by atoms with Crippen LogP contribution in [-0.4, -0.2) is 4.98 Å². The summed E-state index contributed by atoms with van der Waals surface area (Å²) < 4.78 is 1.11. The lowest BCUT2D eigenvalue weighted by molar-refractivity contribution is 0.585. The summed E-state index contributed by atoms with van der Waals surface area (Å²) in [5.41, 5.74) is 0.191. The highest BCUT2D eigenvalue weighted by Gasteiger charge is 2.16. The highest BCUT2D eigenvalue weighted by Crippen LogP contribution is 2.29. The van der Waals surface area contributed by atoms with E-state index in [1.165, 1.54) is 5.01 Å². The summed E-state index contributed by atoms with van der Waals surface area (Å²) in [5, 5.41) is 1.18. The minimum atomic E-state index is 0.191. The minimum Gasteiger partial charge on any atom is -0.248 e. The van der Waals surface area contributed by atoms with Gasteiger partial charge in [0.2, 0.25) is 0 Å². The highest BCUT2D eigenvalue weighted by molar-refractivity contribution is 9.11. The molecule has 0 aliphatic heterocycles. The number of rotatable bonds is 0. The quantitative estimate of drug-likeness (QED) is 0.654. The van der Waals surface area contributed by atoms with Crippen molar-refractivity contribution in [3.05, 3.63) is 15.0 Å². The predicted octanol–water partition coefficient (Wildman–Crippen LogP) is 3.20. The molecule has 0 aliphatic rings. The summed E-state index contributed by atoms with van der Waals surface area (Å²) in [6.07, 6.45) is 1.85. The van der Waals surface area contributed by atoms with Gasteiger partial charge in [-0.25, -0.2) is 4.98 Å². The van der Waals surface area contributed by atoms with Crippen LogP contribution in [0.2, 0.25) is 0 Å². The summed E-state index contributed by atoms with van der Waals surface area (Å²) in [5.74, 6) is 0. The van der Waals surface area contributed by atoms with E-state index < -0.39 is 0 Å². The molecular formula is C7H10BrNS. The van der Waals surface area contributed by atoms with Gasteiger partial charge in [-0.2, -0.15) is 0 Å².